The molecule has 0 rings (SSSR count). The van der Waals surface area contributed by atoms with Gasteiger partial charge in [0.05, 0.1) is 6.61 Å². The number of carboxylic acids is 1. The zero-order chi connectivity index (χ0) is 14.7. The number of aliphatic carboxylic acids is 1. The predicted molar refractivity (Wildman–Crippen MR) is 63.2 cm³/mol. The highest BCUT2D eigenvalue weighted by Crippen LogP contribution is 2.08. The van der Waals surface area contributed by atoms with Crippen molar-refractivity contribution in [1.82, 2.24) is 0 Å². The summed E-state index contributed by atoms with van der Waals surface area (Å²) in [6.07, 6.45) is 1.51. The minimum atomic E-state index is -1.48. The molecule has 0 aliphatic rings. The summed E-state index contributed by atoms with van der Waals surface area (Å²) in [4.78, 5) is 20.2. The van der Waals surface area contributed by atoms with E-state index in [1.807, 2.05) is 0 Å². The van der Waals surface area contributed by atoms with Crippen molar-refractivity contribution >= 4 is 11.9 Å². The Bertz CT molecular complexity index is 346. The molecule has 0 aliphatic heterocycles. The van der Waals surface area contributed by atoms with Crippen molar-refractivity contribution in [2.24, 2.45) is 0 Å². The van der Waals surface area contributed by atoms with Gasteiger partial charge < -0.3 is 9.84 Å². The molecule has 104 valence electrons. The van der Waals surface area contributed by atoms with Gasteiger partial charge in [0, 0.05) is 0 Å². The first-order valence-corrected chi connectivity index (χ1v) is 5.39. The van der Waals surface area contributed by atoms with Gasteiger partial charge in [0.25, 0.3) is 0 Å². The number of carbonyl (C=O) groups is 2. The van der Waals surface area contributed by atoms with Crippen LogP contribution in [-0.4, -0.2) is 23.7 Å². The van der Waals surface area contributed by atoms with Crippen LogP contribution in [-0.2, 0) is 14.3 Å². The van der Waals surface area contributed by atoms with E-state index >= 15 is 0 Å². The summed E-state index contributed by atoms with van der Waals surface area (Å²) in [7, 11) is 0. The second kappa shape index (κ2) is 10.4. The lowest BCUT2D eigenvalue weighted by molar-refractivity contribution is -0.140. The second-order valence-corrected chi connectivity index (χ2v) is 3.11. The molecule has 0 aliphatic carbocycles. The summed E-state index contributed by atoms with van der Waals surface area (Å²) in [6.45, 7) is 6.44. The van der Waals surface area contributed by atoms with Gasteiger partial charge in [0.2, 0.25) is 11.7 Å². The average Bonchev–Trinajstić information content (AvgIpc) is 2.36. The van der Waals surface area contributed by atoms with Gasteiger partial charge in [-0.1, -0.05) is 6.92 Å². The van der Waals surface area contributed by atoms with Gasteiger partial charge in [-0.3, -0.25) is 0 Å². The van der Waals surface area contributed by atoms with E-state index < -0.39 is 23.6 Å². The maximum Gasteiger partial charge on any atom is 0.366 e. The lowest BCUT2D eigenvalue weighted by Crippen LogP contribution is -2.03. The summed E-state index contributed by atoms with van der Waals surface area (Å²) in [5.41, 5.74) is 0.280. The summed E-state index contributed by atoms with van der Waals surface area (Å²) in [6, 6.07) is 0. The van der Waals surface area contributed by atoms with Crippen LogP contribution >= 0.6 is 0 Å². The van der Waals surface area contributed by atoms with Gasteiger partial charge in [-0.2, -0.15) is 8.78 Å². The van der Waals surface area contributed by atoms with Gasteiger partial charge in [-0.05, 0) is 38.8 Å². The Balaban J connectivity index is 0. The van der Waals surface area contributed by atoms with Gasteiger partial charge in [0.15, 0.2) is 0 Å². The van der Waals surface area contributed by atoms with Crippen LogP contribution < -0.4 is 0 Å². The molecule has 0 aromatic rings. The zero-order valence-electron chi connectivity index (χ0n) is 10.9. The molecule has 0 bridgehead atoms. The molecule has 0 spiro atoms. The van der Waals surface area contributed by atoms with Gasteiger partial charge >= 0.3 is 11.9 Å². The van der Waals surface area contributed by atoms with Crippen LogP contribution in [0.3, 0.4) is 0 Å². The third-order valence-electron chi connectivity index (χ3n) is 1.82. The quantitative estimate of drug-likeness (QED) is 0.625. The van der Waals surface area contributed by atoms with Gasteiger partial charge in [-0.15, -0.1) is 0 Å². The molecule has 18 heavy (non-hydrogen) atoms. The molecule has 0 saturated carbocycles. The normalized spacial score (nSPS) is 12.0. The van der Waals surface area contributed by atoms with Gasteiger partial charge in [-0.25, -0.2) is 9.59 Å². The van der Waals surface area contributed by atoms with Crippen LogP contribution in [0.5, 0.6) is 0 Å². The molecule has 0 atom stereocenters. The van der Waals surface area contributed by atoms with E-state index in [1.165, 1.54) is 13.8 Å². The van der Waals surface area contributed by atoms with E-state index in [4.69, 9.17) is 5.11 Å². The van der Waals surface area contributed by atoms with Crippen molar-refractivity contribution in [2.75, 3.05) is 6.61 Å². The molecular weight excluding hydrogens is 246 g/mol. The molecular formula is C12H18F2O4. The fourth-order valence-corrected chi connectivity index (χ4v) is 0.656. The topological polar surface area (TPSA) is 63.6 Å². The number of carbonyl (C=O) groups excluding carboxylic acids is 1. The van der Waals surface area contributed by atoms with E-state index in [0.29, 0.717) is 6.42 Å². The number of halogens is 2. The Labute approximate surface area is 105 Å². The Morgan fingerprint density at radius 2 is 1.78 bits per heavy atom. The predicted octanol–water partition coefficient (Wildman–Crippen LogP) is 3.15. The largest absolute Gasteiger partial charge is 0.476 e. The Morgan fingerprint density at radius 1 is 1.28 bits per heavy atom. The molecule has 0 amide bonds. The molecule has 0 heterocycles. The molecule has 0 unspecified atom stereocenters. The molecule has 0 radical (unpaired) electrons. The second-order valence-electron chi connectivity index (χ2n) is 3.11. The SMILES string of the molecule is CC=C(F)C(=O)OCC.CCC(C)=C(F)C(=O)O. The average molecular weight is 264 g/mol. The minimum Gasteiger partial charge on any atom is -0.476 e. The molecule has 0 aromatic carbocycles. The third kappa shape index (κ3) is 8.43. The van der Waals surface area contributed by atoms with Crippen molar-refractivity contribution in [3.05, 3.63) is 23.3 Å². The van der Waals surface area contributed by atoms with Crippen LogP contribution in [0.1, 0.15) is 34.1 Å². The van der Waals surface area contributed by atoms with Crippen molar-refractivity contribution in [1.29, 1.82) is 0 Å². The molecule has 4 nitrogen and oxygen atoms in total. The number of rotatable bonds is 4. The first-order chi connectivity index (χ1) is 8.31. The number of esters is 1. The number of hydrogen-bond donors (Lipinski definition) is 1. The van der Waals surface area contributed by atoms with Crippen LogP contribution in [0.2, 0.25) is 0 Å². The summed E-state index contributed by atoms with van der Waals surface area (Å²) >= 11 is 0. The van der Waals surface area contributed by atoms with Crippen molar-refractivity contribution in [3.8, 4) is 0 Å². The van der Waals surface area contributed by atoms with Gasteiger partial charge in [0.1, 0.15) is 0 Å². The van der Waals surface area contributed by atoms with E-state index in [1.54, 1.807) is 13.8 Å². The smallest absolute Gasteiger partial charge is 0.366 e. The lowest BCUT2D eigenvalue weighted by Gasteiger charge is -1.95. The zero-order valence-corrected chi connectivity index (χ0v) is 10.9. The highest BCUT2D eigenvalue weighted by atomic mass is 19.1. The van der Waals surface area contributed by atoms with E-state index in [9.17, 15) is 18.4 Å². The molecule has 0 aromatic heterocycles. The lowest BCUT2D eigenvalue weighted by atomic mass is 10.2. The molecule has 1 N–H and O–H groups in total. The van der Waals surface area contributed by atoms with E-state index in [-0.39, 0.29) is 12.2 Å². The van der Waals surface area contributed by atoms with Crippen LogP contribution in [0, 0.1) is 0 Å². The van der Waals surface area contributed by atoms with Crippen LogP contribution in [0.25, 0.3) is 0 Å². The number of ether oxygens (including phenoxy) is 1. The fraction of sp³-hybridized carbons (Fsp3) is 0.500. The highest BCUT2D eigenvalue weighted by Gasteiger charge is 2.07. The third-order valence-corrected chi connectivity index (χ3v) is 1.82. The van der Waals surface area contributed by atoms with Crippen molar-refractivity contribution in [3.63, 3.8) is 0 Å². The number of carboxylic acid groups (broad SMARTS) is 1. The first kappa shape index (κ1) is 18.6. The van der Waals surface area contributed by atoms with E-state index in [2.05, 4.69) is 4.74 Å². The number of allylic oxidation sites excluding steroid dienone is 2. The Hall–Kier alpha value is -1.72. The fourth-order valence-electron chi connectivity index (χ4n) is 0.656. The summed E-state index contributed by atoms with van der Waals surface area (Å²) in [5.74, 6) is -4.23. The Morgan fingerprint density at radius 3 is 2.00 bits per heavy atom. The first-order valence-electron chi connectivity index (χ1n) is 5.39. The molecule has 0 saturated heterocycles. The van der Waals surface area contributed by atoms with Crippen molar-refractivity contribution < 1.29 is 28.2 Å². The summed E-state index contributed by atoms with van der Waals surface area (Å²) in [5, 5.41) is 8.05. The van der Waals surface area contributed by atoms with E-state index in [0.717, 1.165) is 6.08 Å². The maximum atomic E-state index is 12.2. The monoisotopic (exact) mass is 264 g/mol. The highest BCUT2D eigenvalue weighted by molar-refractivity contribution is 5.85. The van der Waals surface area contributed by atoms with Crippen molar-refractivity contribution in [2.45, 2.75) is 34.1 Å². The molecule has 0 fully saturated rings. The summed E-state index contributed by atoms with van der Waals surface area (Å²) < 4.78 is 28.6. The number of hydrogen-bond acceptors (Lipinski definition) is 3. The van der Waals surface area contributed by atoms with Crippen LogP contribution in [0.4, 0.5) is 8.78 Å². The standard InChI is InChI=1S/2C6H9FO2/c1-3-5(7)6(8)9-4-2;1-3-4(2)5(7)6(8)9/h3H,4H2,1-2H3;3H2,1-2H3,(H,8,9). The Kier molecular flexibility index (Phi) is 10.8. The maximum absolute atomic E-state index is 12.2. The van der Waals surface area contributed by atoms with Crippen LogP contribution in [0.15, 0.2) is 23.3 Å². The molecule has 6 heteroatoms. The minimum absolute atomic E-state index is 0.208.